The topological polar surface area (TPSA) is 47.4 Å². The first kappa shape index (κ1) is 16.8. The quantitative estimate of drug-likeness (QED) is 0.370. The summed E-state index contributed by atoms with van der Waals surface area (Å²) in [6.45, 7) is 5.80. The lowest BCUT2D eigenvalue weighted by Crippen LogP contribution is -2.16. The first-order valence-corrected chi connectivity index (χ1v) is 5.71. The Bertz CT molecular complexity index is 588. The molecular weight excluding hydrogens is 290 g/mol. The molecule has 0 fully saturated rings. The van der Waals surface area contributed by atoms with Gasteiger partial charge < -0.3 is 4.74 Å². The summed E-state index contributed by atoms with van der Waals surface area (Å²) in [5.41, 5.74) is -0.839. The molecule has 0 amide bonds. The van der Waals surface area contributed by atoms with Crippen LogP contribution in [0.5, 0.6) is 0 Å². The molecule has 21 heavy (non-hydrogen) atoms. The van der Waals surface area contributed by atoms with E-state index < -0.39 is 23.5 Å². The van der Waals surface area contributed by atoms with Gasteiger partial charge >= 0.3 is 6.18 Å². The summed E-state index contributed by atoms with van der Waals surface area (Å²) in [6.07, 6.45) is -2.01. The third kappa shape index (κ3) is 4.37. The van der Waals surface area contributed by atoms with Crippen LogP contribution in [0.25, 0.3) is 0 Å². The number of aromatic nitrogens is 2. The largest absolute Gasteiger partial charge is 0.480 e. The Balaban J connectivity index is 3.35. The lowest BCUT2D eigenvalue weighted by atomic mass is 10.2. The number of nitrogens with zero attached hydrogens (tertiary/aromatic N) is 3. The van der Waals surface area contributed by atoms with Crippen LogP contribution in [0.15, 0.2) is 41.2 Å². The normalized spacial score (nSPS) is 13.8. The average molecular weight is 303 g/mol. The van der Waals surface area contributed by atoms with Gasteiger partial charge in [0, 0.05) is 12.4 Å². The van der Waals surface area contributed by atoms with Gasteiger partial charge in [-0.05, 0) is 19.4 Å². The van der Waals surface area contributed by atoms with Gasteiger partial charge in [-0.1, -0.05) is 6.58 Å². The van der Waals surface area contributed by atoms with Crippen molar-refractivity contribution in [2.75, 3.05) is 7.11 Å². The monoisotopic (exact) mass is 303 g/mol. The van der Waals surface area contributed by atoms with Crippen molar-refractivity contribution in [3.63, 3.8) is 0 Å². The summed E-state index contributed by atoms with van der Waals surface area (Å²) >= 11 is 0. The third-order valence-electron chi connectivity index (χ3n) is 2.34. The van der Waals surface area contributed by atoms with Crippen LogP contribution in [0.2, 0.25) is 0 Å². The molecule has 0 atom stereocenters. The fraction of sp³-hybridized carbons (Fsp3) is 0.308. The summed E-state index contributed by atoms with van der Waals surface area (Å²) in [7, 11) is 0.955. The molecular formula is C13H13F4N3O. The van der Waals surface area contributed by atoms with Crippen LogP contribution < -0.4 is 0 Å². The molecule has 0 bridgehead atoms. The average Bonchev–Trinajstić information content (AvgIpc) is 2.36. The molecule has 0 saturated carbocycles. The minimum Gasteiger partial charge on any atom is -0.480 e. The molecule has 1 aromatic rings. The van der Waals surface area contributed by atoms with Crippen molar-refractivity contribution in [1.82, 2.24) is 9.97 Å². The van der Waals surface area contributed by atoms with Gasteiger partial charge in [0.15, 0.2) is 11.4 Å². The Morgan fingerprint density at radius 3 is 2.19 bits per heavy atom. The van der Waals surface area contributed by atoms with Gasteiger partial charge in [0.25, 0.3) is 0 Å². The number of hydrogen-bond donors (Lipinski definition) is 0. The van der Waals surface area contributed by atoms with Crippen molar-refractivity contribution in [2.45, 2.75) is 20.0 Å². The smallest absolute Gasteiger partial charge is 0.424 e. The Kier molecular flexibility index (Phi) is 5.17. The number of aryl methyl sites for hydroxylation is 1. The van der Waals surface area contributed by atoms with Crippen LogP contribution in [0.3, 0.4) is 0 Å². The van der Waals surface area contributed by atoms with E-state index in [2.05, 4.69) is 26.3 Å². The zero-order valence-electron chi connectivity index (χ0n) is 11.6. The van der Waals surface area contributed by atoms with Crippen LogP contribution in [-0.4, -0.2) is 29.0 Å². The van der Waals surface area contributed by atoms with Crippen LogP contribution in [0.1, 0.15) is 18.3 Å². The highest BCUT2D eigenvalue weighted by molar-refractivity contribution is 5.95. The Hall–Kier alpha value is -2.25. The van der Waals surface area contributed by atoms with Gasteiger partial charge in [0.2, 0.25) is 5.88 Å². The van der Waals surface area contributed by atoms with Gasteiger partial charge in [-0.2, -0.15) is 13.2 Å². The second-order valence-electron chi connectivity index (χ2n) is 4.07. The van der Waals surface area contributed by atoms with Crippen LogP contribution in [0.4, 0.5) is 17.6 Å². The van der Waals surface area contributed by atoms with Gasteiger partial charge in [0.05, 0.1) is 12.8 Å². The van der Waals surface area contributed by atoms with Crippen molar-refractivity contribution in [2.24, 2.45) is 4.99 Å². The Morgan fingerprint density at radius 2 is 1.81 bits per heavy atom. The van der Waals surface area contributed by atoms with E-state index in [0.29, 0.717) is 0 Å². The number of rotatable bonds is 4. The van der Waals surface area contributed by atoms with Crippen molar-refractivity contribution in [1.29, 1.82) is 0 Å². The third-order valence-corrected chi connectivity index (χ3v) is 2.34. The molecule has 1 rings (SSSR count). The summed E-state index contributed by atoms with van der Waals surface area (Å²) < 4.78 is 55.9. The molecule has 0 aliphatic heterocycles. The second-order valence-corrected chi connectivity index (χ2v) is 4.07. The molecule has 0 aliphatic rings. The van der Waals surface area contributed by atoms with E-state index in [9.17, 15) is 17.6 Å². The molecule has 1 heterocycles. The van der Waals surface area contributed by atoms with E-state index in [-0.39, 0.29) is 11.5 Å². The van der Waals surface area contributed by atoms with E-state index in [1.165, 1.54) is 19.3 Å². The molecule has 0 aromatic carbocycles. The fourth-order valence-corrected chi connectivity index (χ4v) is 1.38. The van der Waals surface area contributed by atoms with E-state index in [1.807, 2.05) is 0 Å². The van der Waals surface area contributed by atoms with Gasteiger partial charge in [-0.25, -0.2) is 19.4 Å². The molecule has 0 radical (unpaired) electrons. The minimum absolute atomic E-state index is 0.0508. The maximum Gasteiger partial charge on any atom is 0.424 e. The van der Waals surface area contributed by atoms with Crippen molar-refractivity contribution in [3.05, 3.63) is 47.6 Å². The molecule has 1 aromatic heterocycles. The van der Waals surface area contributed by atoms with Crippen molar-refractivity contribution in [3.8, 4) is 0 Å². The first-order chi connectivity index (χ1) is 9.66. The number of halogens is 4. The number of hydrogen-bond acceptors (Lipinski definition) is 4. The van der Waals surface area contributed by atoms with E-state index in [0.717, 1.165) is 12.7 Å². The highest BCUT2D eigenvalue weighted by atomic mass is 19.4. The summed E-state index contributed by atoms with van der Waals surface area (Å²) in [6, 6.07) is 0. The highest BCUT2D eigenvalue weighted by Gasteiger charge is 2.40. The van der Waals surface area contributed by atoms with Crippen LogP contribution in [-0.2, 0) is 4.74 Å². The predicted molar refractivity (Wildman–Crippen MR) is 69.3 cm³/mol. The summed E-state index contributed by atoms with van der Waals surface area (Å²) in [4.78, 5) is 11.4. The zero-order valence-corrected chi connectivity index (χ0v) is 11.6. The molecule has 0 saturated heterocycles. The highest BCUT2D eigenvalue weighted by Crippen LogP contribution is 2.34. The van der Waals surface area contributed by atoms with E-state index >= 15 is 0 Å². The SMILES string of the molecule is C=C(F)/C(=C(\N=C(C)c1ncc(C)cn1)OC)C(F)(F)F. The van der Waals surface area contributed by atoms with Crippen molar-refractivity contribution >= 4 is 5.71 Å². The lowest BCUT2D eigenvalue weighted by molar-refractivity contribution is -0.0943. The van der Waals surface area contributed by atoms with Gasteiger partial charge in [0.1, 0.15) is 5.83 Å². The first-order valence-electron chi connectivity index (χ1n) is 5.71. The minimum atomic E-state index is -4.98. The number of aliphatic imine (C=N–C) groups is 1. The maximum absolute atomic E-state index is 13.1. The second kappa shape index (κ2) is 6.47. The Morgan fingerprint density at radius 1 is 1.29 bits per heavy atom. The fourth-order valence-electron chi connectivity index (χ4n) is 1.38. The number of ether oxygens (including phenoxy) is 1. The molecule has 4 nitrogen and oxygen atoms in total. The zero-order chi connectivity index (χ0) is 16.2. The molecule has 0 unspecified atom stereocenters. The standard InChI is InChI=1S/C13H13F4N3O/c1-7-5-18-11(19-6-7)9(3)20-12(21-4)10(8(2)14)13(15,16)17/h5-6H,2H2,1,3-4H3/b12-10-,20-9?. The van der Waals surface area contributed by atoms with Crippen LogP contribution >= 0.6 is 0 Å². The maximum atomic E-state index is 13.1. The van der Waals surface area contributed by atoms with E-state index in [1.54, 1.807) is 6.92 Å². The van der Waals surface area contributed by atoms with Gasteiger partial charge in [-0.15, -0.1) is 0 Å². The summed E-state index contributed by atoms with van der Waals surface area (Å²) in [5, 5.41) is 0. The molecule has 114 valence electrons. The predicted octanol–water partition coefficient (Wildman–Crippen LogP) is 3.50. The summed E-state index contributed by atoms with van der Waals surface area (Å²) in [5.74, 6) is -2.50. The van der Waals surface area contributed by atoms with E-state index in [4.69, 9.17) is 0 Å². The molecule has 0 aliphatic carbocycles. The Labute approximate surface area is 118 Å². The molecule has 0 N–H and O–H groups in total. The van der Waals surface area contributed by atoms with Crippen molar-refractivity contribution < 1.29 is 22.3 Å². The lowest BCUT2D eigenvalue weighted by Gasteiger charge is -2.12. The molecule has 8 heteroatoms. The van der Waals surface area contributed by atoms with Gasteiger partial charge in [-0.3, -0.25) is 0 Å². The molecule has 0 spiro atoms. The van der Waals surface area contributed by atoms with Crippen LogP contribution in [0, 0.1) is 6.92 Å². The number of alkyl halides is 3. The number of methoxy groups -OCH3 is 1. The number of allylic oxidation sites excluding steroid dienone is 2.